The Morgan fingerprint density at radius 2 is 2.20 bits per heavy atom. The molecule has 0 saturated carbocycles. The first kappa shape index (κ1) is 12.9. The number of hydrogen-bond acceptors (Lipinski definition) is 5. The first-order valence-corrected chi connectivity index (χ1v) is 7.09. The van der Waals surface area contributed by atoms with E-state index in [1.54, 1.807) is 18.7 Å². The molecule has 1 N–H and O–H groups in total. The third-order valence-corrected chi connectivity index (χ3v) is 4.00. The lowest BCUT2D eigenvalue weighted by atomic mass is 10.2. The average Bonchev–Trinajstić information content (AvgIpc) is 2.46. The number of carbonyl (C=O) groups is 1. The van der Waals surface area contributed by atoms with E-state index in [1.165, 1.54) is 6.07 Å². The van der Waals surface area contributed by atoms with Crippen LogP contribution < -0.4 is 4.74 Å². The highest BCUT2D eigenvalue weighted by Gasteiger charge is 2.25. The third kappa shape index (κ3) is 2.46. The number of benzene rings is 1. The maximum Gasteiger partial charge on any atom is 0.354 e. The van der Waals surface area contributed by atoms with Crippen LogP contribution in [-0.4, -0.2) is 26.8 Å². The van der Waals surface area contributed by atoms with Crippen molar-refractivity contribution in [2.24, 2.45) is 0 Å². The summed E-state index contributed by atoms with van der Waals surface area (Å²) in [5, 5.41) is 9.05. The van der Waals surface area contributed by atoms with Gasteiger partial charge in [0.05, 0.1) is 0 Å². The molecule has 20 heavy (non-hydrogen) atoms. The first-order valence-electron chi connectivity index (χ1n) is 6.11. The lowest BCUT2D eigenvalue weighted by Gasteiger charge is -2.24. The molecule has 5 nitrogen and oxygen atoms in total. The second-order valence-electron chi connectivity index (χ2n) is 4.42. The van der Waals surface area contributed by atoms with Gasteiger partial charge in [-0.15, -0.1) is 11.8 Å². The van der Waals surface area contributed by atoms with Gasteiger partial charge in [-0.2, -0.15) is 0 Å². The molecule has 0 spiro atoms. The first-order chi connectivity index (χ1) is 9.63. The molecule has 0 amide bonds. The molecule has 0 fully saturated rings. The number of aromatic nitrogens is 2. The summed E-state index contributed by atoms with van der Waals surface area (Å²) in [5.74, 6) is 0.820. The summed E-state index contributed by atoms with van der Waals surface area (Å²) in [6.07, 6.45) is -0.326. The van der Waals surface area contributed by atoms with Crippen LogP contribution in [0.5, 0.6) is 5.75 Å². The minimum absolute atomic E-state index is 0.0000383. The molecule has 1 aromatic heterocycles. The van der Waals surface area contributed by atoms with Crippen molar-refractivity contribution in [1.82, 2.24) is 9.97 Å². The molecule has 2 aromatic rings. The number of hydrogen-bond donors (Lipinski definition) is 1. The molecule has 3 rings (SSSR count). The summed E-state index contributed by atoms with van der Waals surface area (Å²) in [4.78, 5) is 20.5. The Bertz CT molecular complexity index is 675. The number of carboxylic acid groups (broad SMARTS) is 1. The highest BCUT2D eigenvalue weighted by molar-refractivity contribution is 7.99. The Morgan fingerprint density at radius 1 is 1.40 bits per heavy atom. The lowest BCUT2D eigenvalue weighted by molar-refractivity contribution is 0.0689. The molecule has 0 bridgehead atoms. The number of para-hydroxylation sites is 1. The molecule has 102 valence electrons. The number of ether oxygens (including phenoxy) is 1. The molecule has 0 radical (unpaired) electrons. The maximum absolute atomic E-state index is 11.1. The summed E-state index contributed by atoms with van der Waals surface area (Å²) in [6.45, 7) is 1.75. The van der Waals surface area contributed by atoms with E-state index in [4.69, 9.17) is 9.84 Å². The Balaban J connectivity index is 1.93. The monoisotopic (exact) mass is 288 g/mol. The molecule has 1 atom stereocenters. The minimum atomic E-state index is -1.05. The van der Waals surface area contributed by atoms with Crippen LogP contribution >= 0.6 is 11.8 Å². The van der Waals surface area contributed by atoms with Gasteiger partial charge in [-0.3, -0.25) is 0 Å². The molecule has 6 heteroatoms. The van der Waals surface area contributed by atoms with Crippen LogP contribution in [0.15, 0.2) is 35.2 Å². The summed E-state index contributed by atoms with van der Waals surface area (Å²) in [7, 11) is 0. The van der Waals surface area contributed by atoms with Gasteiger partial charge in [-0.05, 0) is 25.1 Å². The number of aryl methyl sites for hydroxylation is 1. The minimum Gasteiger partial charge on any atom is -0.480 e. The summed E-state index contributed by atoms with van der Waals surface area (Å²) < 4.78 is 5.87. The van der Waals surface area contributed by atoms with Crippen molar-refractivity contribution in [2.75, 3.05) is 5.75 Å². The van der Waals surface area contributed by atoms with Crippen molar-refractivity contribution in [1.29, 1.82) is 0 Å². The van der Waals surface area contributed by atoms with Gasteiger partial charge in [-0.1, -0.05) is 12.1 Å². The van der Waals surface area contributed by atoms with Crippen molar-refractivity contribution in [3.63, 3.8) is 0 Å². The topological polar surface area (TPSA) is 72.3 Å². The molecule has 1 aromatic carbocycles. The lowest BCUT2D eigenvalue weighted by Crippen LogP contribution is -2.19. The standard InChI is InChI=1S/C14H12N2O3S/c1-8-6-9(14(17)18)16-13(15-8)11-7-20-12-5-3-2-4-10(12)19-11/h2-6,11H,7H2,1H3,(H,17,18). The Hall–Kier alpha value is -2.08. The molecule has 1 aliphatic rings. The molecular formula is C14H12N2O3S. The Kier molecular flexibility index (Phi) is 3.31. The fourth-order valence-electron chi connectivity index (χ4n) is 1.99. The fourth-order valence-corrected chi connectivity index (χ4v) is 2.97. The second kappa shape index (κ2) is 5.13. The summed E-state index contributed by atoms with van der Waals surface area (Å²) in [6, 6.07) is 9.21. The van der Waals surface area contributed by atoms with Crippen LogP contribution in [0.1, 0.15) is 28.1 Å². The number of nitrogens with zero attached hydrogens (tertiary/aromatic N) is 2. The van der Waals surface area contributed by atoms with E-state index in [2.05, 4.69) is 9.97 Å². The van der Waals surface area contributed by atoms with E-state index < -0.39 is 5.97 Å². The fraction of sp³-hybridized carbons (Fsp3) is 0.214. The van der Waals surface area contributed by atoms with Gasteiger partial charge in [0.15, 0.2) is 17.6 Å². The Morgan fingerprint density at radius 3 is 3.00 bits per heavy atom. The van der Waals surface area contributed by atoms with E-state index in [1.807, 2.05) is 24.3 Å². The highest BCUT2D eigenvalue weighted by atomic mass is 32.2. The van der Waals surface area contributed by atoms with E-state index in [0.29, 0.717) is 17.3 Å². The van der Waals surface area contributed by atoms with Crippen LogP contribution in [0, 0.1) is 6.92 Å². The van der Waals surface area contributed by atoms with Gasteiger partial charge in [0.25, 0.3) is 0 Å². The van der Waals surface area contributed by atoms with Crippen LogP contribution in [-0.2, 0) is 0 Å². The quantitative estimate of drug-likeness (QED) is 0.916. The zero-order chi connectivity index (χ0) is 14.1. The van der Waals surface area contributed by atoms with Crippen LogP contribution in [0.25, 0.3) is 0 Å². The number of fused-ring (bicyclic) bond motifs is 1. The summed E-state index contributed by atoms with van der Waals surface area (Å²) >= 11 is 1.66. The summed E-state index contributed by atoms with van der Waals surface area (Å²) in [5.41, 5.74) is 0.625. The normalized spacial score (nSPS) is 17.1. The zero-order valence-electron chi connectivity index (χ0n) is 10.7. The van der Waals surface area contributed by atoms with Gasteiger partial charge in [0.1, 0.15) is 5.75 Å². The van der Waals surface area contributed by atoms with Crippen molar-refractivity contribution in [3.05, 3.63) is 47.5 Å². The molecule has 0 aliphatic carbocycles. The zero-order valence-corrected chi connectivity index (χ0v) is 11.6. The second-order valence-corrected chi connectivity index (χ2v) is 5.48. The van der Waals surface area contributed by atoms with Crippen LogP contribution in [0.3, 0.4) is 0 Å². The van der Waals surface area contributed by atoms with E-state index in [-0.39, 0.29) is 11.8 Å². The maximum atomic E-state index is 11.1. The highest BCUT2D eigenvalue weighted by Crippen LogP contribution is 2.39. The van der Waals surface area contributed by atoms with E-state index in [9.17, 15) is 4.79 Å². The number of rotatable bonds is 2. The number of carboxylic acids is 1. The number of thioether (sulfide) groups is 1. The van der Waals surface area contributed by atoms with Gasteiger partial charge >= 0.3 is 5.97 Å². The molecule has 1 unspecified atom stereocenters. The van der Waals surface area contributed by atoms with E-state index >= 15 is 0 Å². The van der Waals surface area contributed by atoms with E-state index in [0.717, 1.165) is 10.6 Å². The predicted octanol–water partition coefficient (Wildman–Crippen LogP) is 2.71. The molecular weight excluding hydrogens is 276 g/mol. The van der Waals surface area contributed by atoms with Crippen LogP contribution in [0.4, 0.5) is 0 Å². The third-order valence-electron chi connectivity index (χ3n) is 2.89. The van der Waals surface area contributed by atoms with Crippen molar-refractivity contribution >= 4 is 17.7 Å². The molecule has 1 aliphatic heterocycles. The SMILES string of the molecule is Cc1cc(C(=O)O)nc(C2CSc3ccccc3O2)n1. The van der Waals surface area contributed by atoms with Crippen LogP contribution in [0.2, 0.25) is 0 Å². The smallest absolute Gasteiger partial charge is 0.354 e. The van der Waals surface area contributed by atoms with Crippen molar-refractivity contribution < 1.29 is 14.6 Å². The molecule has 2 heterocycles. The van der Waals surface area contributed by atoms with Crippen molar-refractivity contribution in [2.45, 2.75) is 17.9 Å². The predicted molar refractivity (Wildman–Crippen MR) is 74.3 cm³/mol. The molecule has 0 saturated heterocycles. The number of aromatic carboxylic acids is 1. The Labute approximate surface area is 120 Å². The van der Waals surface area contributed by atoms with Crippen molar-refractivity contribution in [3.8, 4) is 5.75 Å². The largest absolute Gasteiger partial charge is 0.480 e. The van der Waals surface area contributed by atoms with Gasteiger partial charge < -0.3 is 9.84 Å². The van der Waals surface area contributed by atoms with Gasteiger partial charge in [0, 0.05) is 16.3 Å². The van der Waals surface area contributed by atoms with Gasteiger partial charge in [0.2, 0.25) is 0 Å². The van der Waals surface area contributed by atoms with Gasteiger partial charge in [-0.25, -0.2) is 14.8 Å². The average molecular weight is 288 g/mol.